The monoisotopic (exact) mass is 376 g/mol. The van der Waals surface area contributed by atoms with E-state index in [1.54, 1.807) is 31.4 Å². The number of carbonyl (C=O) groups excluding carboxylic acids is 2. The van der Waals surface area contributed by atoms with E-state index in [0.717, 1.165) is 45.4 Å². The van der Waals surface area contributed by atoms with Crippen LogP contribution in [0.3, 0.4) is 0 Å². The Morgan fingerprint density at radius 1 is 1.19 bits per heavy atom. The number of rotatable bonds is 9. The number of methoxy groups -OCH3 is 1. The molecule has 0 bridgehead atoms. The van der Waals surface area contributed by atoms with Crippen LogP contribution in [0, 0.1) is 0 Å². The highest BCUT2D eigenvalue weighted by Crippen LogP contribution is 2.16. The van der Waals surface area contributed by atoms with Crippen LogP contribution in [0.1, 0.15) is 36.0 Å². The number of carbonyl (C=O) groups is 2. The zero-order valence-corrected chi connectivity index (χ0v) is 16.5. The van der Waals surface area contributed by atoms with Gasteiger partial charge in [-0.05, 0) is 57.5 Å². The summed E-state index contributed by atoms with van der Waals surface area (Å²) in [7, 11) is 3.72. The first-order chi connectivity index (χ1) is 13.1. The third-order valence-corrected chi connectivity index (χ3v) is 4.69. The van der Waals surface area contributed by atoms with E-state index in [2.05, 4.69) is 15.5 Å². The lowest BCUT2D eigenvalue weighted by Crippen LogP contribution is -2.35. The van der Waals surface area contributed by atoms with Crippen LogP contribution in [0.5, 0.6) is 0 Å². The average Bonchev–Trinajstić information content (AvgIpc) is 2.70. The van der Waals surface area contributed by atoms with E-state index in [-0.39, 0.29) is 11.9 Å². The molecule has 150 valence electrons. The van der Waals surface area contributed by atoms with Gasteiger partial charge in [-0.15, -0.1) is 0 Å². The number of benzene rings is 1. The lowest BCUT2D eigenvalue weighted by Gasteiger charge is -2.26. The van der Waals surface area contributed by atoms with Crippen molar-refractivity contribution in [1.29, 1.82) is 0 Å². The molecule has 0 radical (unpaired) electrons. The number of urea groups is 1. The topological polar surface area (TPSA) is 73.9 Å². The van der Waals surface area contributed by atoms with E-state index in [1.807, 2.05) is 11.9 Å². The van der Waals surface area contributed by atoms with Gasteiger partial charge in [-0.1, -0.05) is 6.07 Å². The zero-order valence-electron chi connectivity index (χ0n) is 16.5. The molecule has 2 rings (SSSR count). The summed E-state index contributed by atoms with van der Waals surface area (Å²) >= 11 is 0. The summed E-state index contributed by atoms with van der Waals surface area (Å²) in [6, 6.07) is 6.89. The average molecular weight is 377 g/mol. The maximum atomic E-state index is 12.6. The highest BCUT2D eigenvalue weighted by Gasteiger charge is 2.18. The van der Waals surface area contributed by atoms with Crippen LogP contribution in [-0.2, 0) is 4.74 Å². The molecular formula is C20H32N4O3. The fraction of sp³-hybridized carbons (Fsp3) is 0.600. The van der Waals surface area contributed by atoms with Gasteiger partial charge in [0.15, 0.2) is 0 Å². The van der Waals surface area contributed by atoms with Crippen molar-refractivity contribution < 1.29 is 14.3 Å². The lowest BCUT2D eigenvalue weighted by molar-refractivity contribution is 0.0724. The molecule has 0 atom stereocenters. The van der Waals surface area contributed by atoms with Gasteiger partial charge in [0.05, 0.1) is 6.61 Å². The highest BCUT2D eigenvalue weighted by atomic mass is 16.5. The summed E-state index contributed by atoms with van der Waals surface area (Å²) < 4.78 is 5.04. The summed E-state index contributed by atoms with van der Waals surface area (Å²) in [5.74, 6) is 0.0397. The smallest absolute Gasteiger partial charge is 0.319 e. The Kier molecular flexibility index (Phi) is 9.07. The van der Waals surface area contributed by atoms with Crippen molar-refractivity contribution in [2.75, 3.05) is 58.8 Å². The van der Waals surface area contributed by atoms with Gasteiger partial charge in [0.1, 0.15) is 0 Å². The Morgan fingerprint density at radius 3 is 2.70 bits per heavy atom. The summed E-state index contributed by atoms with van der Waals surface area (Å²) in [5.41, 5.74) is 1.25. The van der Waals surface area contributed by atoms with E-state index in [0.29, 0.717) is 24.4 Å². The molecular weight excluding hydrogens is 344 g/mol. The number of nitrogens with one attached hydrogen (secondary N) is 2. The summed E-state index contributed by atoms with van der Waals surface area (Å²) in [5, 5.41) is 5.66. The molecule has 0 spiro atoms. The first kappa shape index (κ1) is 21.2. The SMILES string of the molecule is COCCN(C)CCCNC(=O)Nc1cccc(C(=O)N2CCCCC2)c1. The van der Waals surface area contributed by atoms with Crippen LogP contribution in [0.4, 0.5) is 10.5 Å². The van der Waals surface area contributed by atoms with E-state index >= 15 is 0 Å². The van der Waals surface area contributed by atoms with Crippen molar-refractivity contribution in [1.82, 2.24) is 15.1 Å². The van der Waals surface area contributed by atoms with Crippen molar-refractivity contribution in [2.45, 2.75) is 25.7 Å². The Hall–Kier alpha value is -2.12. The van der Waals surface area contributed by atoms with Gasteiger partial charge >= 0.3 is 6.03 Å². The third kappa shape index (κ3) is 7.56. The number of likely N-dealkylation sites (N-methyl/N-ethyl adjacent to an activating group) is 1. The molecule has 1 fully saturated rings. The fourth-order valence-corrected chi connectivity index (χ4v) is 3.09. The predicted molar refractivity (Wildman–Crippen MR) is 107 cm³/mol. The van der Waals surface area contributed by atoms with Crippen molar-refractivity contribution in [2.24, 2.45) is 0 Å². The van der Waals surface area contributed by atoms with Crippen LogP contribution in [0.15, 0.2) is 24.3 Å². The molecule has 1 aliphatic heterocycles. The molecule has 1 aromatic carbocycles. The largest absolute Gasteiger partial charge is 0.383 e. The number of hydrogen-bond acceptors (Lipinski definition) is 4. The molecule has 3 amide bonds. The van der Waals surface area contributed by atoms with E-state index in [9.17, 15) is 9.59 Å². The second-order valence-corrected chi connectivity index (χ2v) is 6.96. The maximum absolute atomic E-state index is 12.6. The predicted octanol–water partition coefficient (Wildman–Crippen LogP) is 2.40. The van der Waals surface area contributed by atoms with Crippen LogP contribution < -0.4 is 10.6 Å². The lowest BCUT2D eigenvalue weighted by atomic mass is 10.1. The molecule has 0 aliphatic carbocycles. The normalized spacial score (nSPS) is 14.3. The van der Waals surface area contributed by atoms with Gasteiger partial charge in [-0.3, -0.25) is 4.79 Å². The molecule has 0 aromatic heterocycles. The molecule has 1 saturated heterocycles. The quantitative estimate of drug-likeness (QED) is 0.649. The van der Waals surface area contributed by atoms with Gasteiger partial charge in [0.2, 0.25) is 0 Å². The molecule has 1 heterocycles. The van der Waals surface area contributed by atoms with Crippen LogP contribution in [0.25, 0.3) is 0 Å². The Balaban J connectivity index is 1.74. The number of anilines is 1. The molecule has 1 aliphatic rings. The number of piperidine rings is 1. The van der Waals surface area contributed by atoms with Crippen LogP contribution in [-0.4, -0.2) is 75.2 Å². The molecule has 7 heteroatoms. The Morgan fingerprint density at radius 2 is 1.96 bits per heavy atom. The summed E-state index contributed by atoms with van der Waals surface area (Å²) in [6.45, 7) is 4.70. The van der Waals surface area contributed by atoms with Gasteiger partial charge in [-0.25, -0.2) is 4.79 Å². The highest BCUT2D eigenvalue weighted by molar-refractivity contribution is 5.96. The standard InChI is InChI=1S/C20H32N4O3/c1-23(14-15-27-2)11-7-10-21-20(26)22-18-9-6-8-17(16-18)19(25)24-12-4-3-5-13-24/h6,8-9,16H,3-5,7,10-15H2,1-2H3,(H2,21,22,26). The van der Waals surface area contributed by atoms with Gasteiger partial charge in [0, 0.05) is 44.5 Å². The van der Waals surface area contributed by atoms with Crippen molar-refractivity contribution in [3.63, 3.8) is 0 Å². The first-order valence-corrected chi connectivity index (χ1v) is 9.72. The molecule has 0 saturated carbocycles. The minimum absolute atomic E-state index is 0.0397. The minimum Gasteiger partial charge on any atom is -0.383 e. The zero-order chi connectivity index (χ0) is 19.5. The molecule has 0 unspecified atom stereocenters. The van der Waals surface area contributed by atoms with Gasteiger partial charge < -0.3 is 25.2 Å². The second-order valence-electron chi connectivity index (χ2n) is 6.96. The van der Waals surface area contributed by atoms with E-state index in [4.69, 9.17) is 4.74 Å². The van der Waals surface area contributed by atoms with E-state index in [1.165, 1.54) is 6.42 Å². The van der Waals surface area contributed by atoms with Crippen molar-refractivity contribution in [3.05, 3.63) is 29.8 Å². The Bertz CT molecular complexity index is 603. The number of likely N-dealkylation sites (tertiary alicyclic amines) is 1. The Labute approximate surface area is 162 Å². The van der Waals surface area contributed by atoms with Crippen LogP contribution in [0.2, 0.25) is 0 Å². The number of nitrogens with zero attached hydrogens (tertiary/aromatic N) is 2. The van der Waals surface area contributed by atoms with Crippen LogP contribution >= 0.6 is 0 Å². The molecule has 1 aromatic rings. The van der Waals surface area contributed by atoms with Gasteiger partial charge in [-0.2, -0.15) is 0 Å². The molecule has 2 N–H and O–H groups in total. The fourth-order valence-electron chi connectivity index (χ4n) is 3.09. The maximum Gasteiger partial charge on any atom is 0.319 e. The molecule has 27 heavy (non-hydrogen) atoms. The van der Waals surface area contributed by atoms with E-state index < -0.39 is 0 Å². The third-order valence-electron chi connectivity index (χ3n) is 4.69. The van der Waals surface area contributed by atoms with Crippen molar-refractivity contribution >= 4 is 17.6 Å². The number of ether oxygens (including phenoxy) is 1. The molecule has 7 nitrogen and oxygen atoms in total. The second kappa shape index (κ2) is 11.6. The summed E-state index contributed by atoms with van der Waals surface area (Å²) in [4.78, 5) is 28.7. The number of amides is 3. The summed E-state index contributed by atoms with van der Waals surface area (Å²) in [6.07, 6.45) is 4.17. The minimum atomic E-state index is -0.253. The first-order valence-electron chi connectivity index (χ1n) is 9.72. The van der Waals surface area contributed by atoms with Crippen molar-refractivity contribution in [3.8, 4) is 0 Å². The van der Waals surface area contributed by atoms with Gasteiger partial charge in [0.25, 0.3) is 5.91 Å². The number of hydrogen-bond donors (Lipinski definition) is 2.